The van der Waals surface area contributed by atoms with Gasteiger partial charge in [-0.3, -0.25) is 4.98 Å². The van der Waals surface area contributed by atoms with Gasteiger partial charge < -0.3 is 9.55 Å². The summed E-state index contributed by atoms with van der Waals surface area (Å²) in [6.07, 6.45) is 1.65. The van der Waals surface area contributed by atoms with Crippen LogP contribution < -0.4 is 0 Å². The summed E-state index contributed by atoms with van der Waals surface area (Å²) in [7, 11) is 0. The number of aromatic amines is 1. The first kappa shape index (κ1) is 14.4. The van der Waals surface area contributed by atoms with E-state index in [-0.39, 0.29) is 24.1 Å². The van der Waals surface area contributed by atoms with Crippen LogP contribution in [-0.4, -0.2) is 25.8 Å². The molecule has 0 radical (unpaired) electrons. The monoisotopic (exact) mass is 329 g/mol. The van der Waals surface area contributed by atoms with E-state index in [1.165, 1.54) is 0 Å². The number of alkyl halides is 3. The topological polar surface area (TPSA) is 33.6 Å². The molecule has 0 spiro atoms. The van der Waals surface area contributed by atoms with Crippen LogP contribution in [-0.2, 0) is 6.54 Å². The van der Waals surface area contributed by atoms with Gasteiger partial charge in [-0.15, -0.1) is 0 Å². The Morgan fingerprint density at radius 3 is 2.81 bits per heavy atom. The van der Waals surface area contributed by atoms with Crippen molar-refractivity contribution in [2.24, 2.45) is 0 Å². The van der Waals surface area contributed by atoms with E-state index in [9.17, 15) is 13.2 Å². The summed E-state index contributed by atoms with van der Waals surface area (Å²) >= 11 is 5.17. The van der Waals surface area contributed by atoms with Gasteiger partial charge in [0.15, 0.2) is 4.77 Å². The lowest BCUT2D eigenvalue weighted by atomic mass is 10.2. The minimum atomic E-state index is -4.22. The molecule has 8 heteroatoms. The van der Waals surface area contributed by atoms with E-state index in [4.69, 9.17) is 12.2 Å². The van der Waals surface area contributed by atoms with Crippen molar-refractivity contribution in [1.82, 2.24) is 14.5 Å². The number of hydrogen-bond acceptors (Lipinski definition) is 3. The van der Waals surface area contributed by atoms with Crippen molar-refractivity contribution in [3.63, 3.8) is 0 Å². The molecular weight excluding hydrogens is 319 g/mol. The van der Waals surface area contributed by atoms with E-state index >= 15 is 0 Å². The standard InChI is InChI=1S/C13H10F3N3S2/c14-13(15,16)21-6-5-19-11-8-3-1-2-4-9(8)17-7-10(11)18-12(19)20/h1-4,7H,5-6H2,(H,18,20). The maximum atomic E-state index is 12.3. The number of imidazole rings is 1. The normalized spacial score (nSPS) is 12.3. The molecule has 0 aliphatic heterocycles. The van der Waals surface area contributed by atoms with Crippen LogP contribution in [0.3, 0.4) is 0 Å². The molecule has 0 saturated heterocycles. The molecule has 0 bridgehead atoms. The van der Waals surface area contributed by atoms with Gasteiger partial charge in [0, 0.05) is 17.7 Å². The van der Waals surface area contributed by atoms with Gasteiger partial charge in [-0.2, -0.15) is 13.2 Å². The molecule has 0 saturated carbocycles. The summed E-state index contributed by atoms with van der Waals surface area (Å²) in [5, 5.41) is 0.874. The quantitative estimate of drug-likeness (QED) is 0.718. The summed E-state index contributed by atoms with van der Waals surface area (Å²) in [5.41, 5.74) is -1.90. The largest absolute Gasteiger partial charge is 0.441 e. The Bertz CT molecular complexity index is 851. The Kier molecular flexibility index (Phi) is 3.66. The summed E-state index contributed by atoms with van der Waals surface area (Å²) in [5.74, 6) is -0.0819. The first-order valence-corrected chi connectivity index (χ1v) is 7.52. The van der Waals surface area contributed by atoms with Gasteiger partial charge in [-0.1, -0.05) is 18.2 Å². The summed E-state index contributed by atoms with van der Waals surface area (Å²) in [6, 6.07) is 7.49. The molecule has 1 N–H and O–H groups in total. The highest BCUT2D eigenvalue weighted by Gasteiger charge is 2.27. The Balaban J connectivity index is 2.07. The fourth-order valence-electron chi connectivity index (χ4n) is 2.26. The third kappa shape index (κ3) is 2.91. The molecule has 0 aliphatic rings. The summed E-state index contributed by atoms with van der Waals surface area (Å²) in [4.78, 5) is 7.30. The fraction of sp³-hybridized carbons (Fsp3) is 0.231. The molecule has 2 heterocycles. The number of fused-ring (bicyclic) bond motifs is 3. The van der Waals surface area contributed by atoms with E-state index in [1.54, 1.807) is 10.8 Å². The molecule has 3 rings (SSSR count). The fourth-order valence-corrected chi connectivity index (χ4v) is 3.06. The molecule has 3 nitrogen and oxygen atoms in total. The summed E-state index contributed by atoms with van der Waals surface area (Å²) < 4.78 is 38.9. The van der Waals surface area contributed by atoms with Crippen molar-refractivity contribution >= 4 is 45.9 Å². The predicted octanol–water partition coefficient (Wildman–Crippen LogP) is 4.50. The van der Waals surface area contributed by atoms with E-state index in [0.29, 0.717) is 4.77 Å². The molecule has 1 aromatic carbocycles. The molecule has 0 amide bonds. The van der Waals surface area contributed by atoms with Crippen molar-refractivity contribution in [1.29, 1.82) is 0 Å². The number of rotatable bonds is 3. The average molecular weight is 329 g/mol. The Labute approximate surface area is 127 Å². The lowest BCUT2D eigenvalue weighted by Gasteiger charge is -2.08. The van der Waals surface area contributed by atoms with Crippen LogP contribution in [0.25, 0.3) is 21.9 Å². The minimum Gasteiger partial charge on any atom is -0.329 e. The zero-order valence-electron chi connectivity index (χ0n) is 10.6. The number of thioether (sulfide) groups is 1. The molecule has 21 heavy (non-hydrogen) atoms. The highest BCUT2D eigenvalue weighted by atomic mass is 32.2. The first-order chi connectivity index (χ1) is 9.96. The molecule has 0 aliphatic carbocycles. The third-order valence-electron chi connectivity index (χ3n) is 3.08. The predicted molar refractivity (Wildman–Crippen MR) is 80.9 cm³/mol. The molecule has 110 valence electrons. The number of halogens is 3. The number of nitrogens with zero attached hydrogens (tertiary/aromatic N) is 2. The number of aryl methyl sites for hydroxylation is 1. The lowest BCUT2D eigenvalue weighted by molar-refractivity contribution is -0.0328. The van der Waals surface area contributed by atoms with E-state index in [1.807, 2.05) is 24.3 Å². The van der Waals surface area contributed by atoms with Gasteiger partial charge in [0.2, 0.25) is 0 Å². The SMILES string of the molecule is FC(F)(F)SCCn1c(=S)[nH]c2cnc3ccccc3c21. The van der Waals surface area contributed by atoms with E-state index < -0.39 is 5.51 Å². The van der Waals surface area contributed by atoms with Crippen molar-refractivity contribution in [3.05, 3.63) is 35.2 Å². The van der Waals surface area contributed by atoms with Crippen LogP contribution >= 0.6 is 24.0 Å². The molecular formula is C13H10F3N3S2. The van der Waals surface area contributed by atoms with Gasteiger partial charge in [-0.05, 0) is 30.0 Å². The number of nitrogens with one attached hydrogen (secondary N) is 1. The van der Waals surface area contributed by atoms with Crippen molar-refractivity contribution < 1.29 is 13.2 Å². The zero-order valence-corrected chi connectivity index (χ0v) is 12.3. The smallest absolute Gasteiger partial charge is 0.329 e. The minimum absolute atomic E-state index is 0.0422. The zero-order chi connectivity index (χ0) is 15.0. The number of H-pyrrole nitrogens is 1. The Morgan fingerprint density at radius 1 is 1.29 bits per heavy atom. The average Bonchev–Trinajstić information content (AvgIpc) is 2.74. The van der Waals surface area contributed by atoms with Gasteiger partial charge in [0.25, 0.3) is 0 Å². The van der Waals surface area contributed by atoms with Crippen LogP contribution in [0.2, 0.25) is 0 Å². The van der Waals surface area contributed by atoms with Crippen LogP contribution in [0.15, 0.2) is 30.5 Å². The van der Waals surface area contributed by atoms with Gasteiger partial charge in [0.1, 0.15) is 0 Å². The van der Waals surface area contributed by atoms with Gasteiger partial charge >= 0.3 is 5.51 Å². The second-order valence-corrected chi connectivity index (χ2v) is 5.96. The number of benzene rings is 1. The molecule has 0 fully saturated rings. The number of para-hydroxylation sites is 1. The molecule has 3 aromatic rings. The van der Waals surface area contributed by atoms with Crippen molar-refractivity contribution in [2.45, 2.75) is 12.1 Å². The molecule has 0 unspecified atom stereocenters. The number of aromatic nitrogens is 3. The van der Waals surface area contributed by atoms with E-state index in [0.717, 1.165) is 21.9 Å². The van der Waals surface area contributed by atoms with Crippen molar-refractivity contribution in [2.75, 3.05) is 5.75 Å². The van der Waals surface area contributed by atoms with Crippen LogP contribution in [0.5, 0.6) is 0 Å². The number of pyridine rings is 1. The Morgan fingerprint density at radius 2 is 2.05 bits per heavy atom. The van der Waals surface area contributed by atoms with E-state index in [2.05, 4.69) is 9.97 Å². The van der Waals surface area contributed by atoms with Crippen LogP contribution in [0, 0.1) is 4.77 Å². The van der Waals surface area contributed by atoms with Gasteiger partial charge in [-0.25, -0.2) is 0 Å². The highest BCUT2D eigenvalue weighted by molar-refractivity contribution is 8.00. The second kappa shape index (κ2) is 5.34. The Hall–Kier alpha value is -1.54. The van der Waals surface area contributed by atoms with Gasteiger partial charge in [0.05, 0.1) is 22.7 Å². The third-order valence-corrected chi connectivity index (χ3v) is 4.12. The number of hydrogen-bond donors (Lipinski definition) is 1. The second-order valence-electron chi connectivity index (χ2n) is 4.41. The highest BCUT2D eigenvalue weighted by Crippen LogP contribution is 2.31. The molecule has 0 atom stereocenters. The maximum absolute atomic E-state index is 12.3. The first-order valence-electron chi connectivity index (χ1n) is 6.13. The van der Waals surface area contributed by atoms with Crippen molar-refractivity contribution in [3.8, 4) is 0 Å². The summed E-state index contributed by atoms with van der Waals surface area (Å²) in [6.45, 7) is 0.191. The van der Waals surface area contributed by atoms with Crippen LogP contribution in [0.1, 0.15) is 0 Å². The molecule has 2 aromatic heterocycles. The van der Waals surface area contributed by atoms with Crippen LogP contribution in [0.4, 0.5) is 13.2 Å². The maximum Gasteiger partial charge on any atom is 0.441 e. The lowest BCUT2D eigenvalue weighted by Crippen LogP contribution is -2.07.